The monoisotopic (exact) mass is 296 g/mol. The topological polar surface area (TPSA) is 41.1 Å². The minimum absolute atomic E-state index is 0. The SMILES string of the molecule is CCNC(=O)C(C)c1ccc(C2CCNCC2)cc1.Cl. The molecule has 1 unspecified atom stereocenters. The molecular weight excluding hydrogens is 272 g/mol. The number of amides is 1. The lowest BCUT2D eigenvalue weighted by Gasteiger charge is -2.23. The van der Waals surface area contributed by atoms with Crippen LogP contribution in [0.25, 0.3) is 0 Å². The molecule has 0 saturated carbocycles. The molecule has 2 N–H and O–H groups in total. The highest BCUT2D eigenvalue weighted by Crippen LogP contribution is 2.26. The van der Waals surface area contributed by atoms with Crippen LogP contribution in [0.15, 0.2) is 24.3 Å². The summed E-state index contributed by atoms with van der Waals surface area (Å²) < 4.78 is 0. The zero-order valence-electron chi connectivity index (χ0n) is 12.3. The summed E-state index contributed by atoms with van der Waals surface area (Å²) in [7, 11) is 0. The van der Waals surface area contributed by atoms with Crippen molar-refractivity contribution in [3.05, 3.63) is 35.4 Å². The summed E-state index contributed by atoms with van der Waals surface area (Å²) in [5.41, 5.74) is 2.51. The van der Waals surface area contributed by atoms with Crippen LogP contribution in [-0.2, 0) is 4.79 Å². The maximum Gasteiger partial charge on any atom is 0.227 e. The average Bonchev–Trinajstić information content (AvgIpc) is 2.48. The van der Waals surface area contributed by atoms with Crippen LogP contribution in [-0.4, -0.2) is 25.5 Å². The zero-order valence-corrected chi connectivity index (χ0v) is 13.1. The Bertz CT molecular complexity index is 413. The number of nitrogens with one attached hydrogen (secondary N) is 2. The Morgan fingerprint density at radius 3 is 2.45 bits per heavy atom. The number of hydrogen-bond acceptors (Lipinski definition) is 2. The van der Waals surface area contributed by atoms with E-state index in [1.54, 1.807) is 0 Å². The van der Waals surface area contributed by atoms with Gasteiger partial charge >= 0.3 is 0 Å². The Labute approximate surface area is 127 Å². The summed E-state index contributed by atoms with van der Waals surface area (Å²) >= 11 is 0. The third-order valence-electron chi connectivity index (χ3n) is 3.99. The van der Waals surface area contributed by atoms with Gasteiger partial charge < -0.3 is 10.6 Å². The van der Waals surface area contributed by atoms with Crippen LogP contribution in [0.2, 0.25) is 0 Å². The lowest BCUT2D eigenvalue weighted by molar-refractivity contribution is -0.122. The van der Waals surface area contributed by atoms with Crippen molar-refractivity contribution in [2.24, 2.45) is 0 Å². The van der Waals surface area contributed by atoms with Crippen molar-refractivity contribution in [2.45, 2.75) is 38.5 Å². The fraction of sp³-hybridized carbons (Fsp3) is 0.562. The van der Waals surface area contributed by atoms with E-state index >= 15 is 0 Å². The summed E-state index contributed by atoms with van der Waals surface area (Å²) in [4.78, 5) is 11.8. The number of rotatable bonds is 4. The largest absolute Gasteiger partial charge is 0.356 e. The molecular formula is C16H25ClN2O. The van der Waals surface area contributed by atoms with Crippen LogP contribution in [0, 0.1) is 0 Å². The van der Waals surface area contributed by atoms with Gasteiger partial charge in [0.1, 0.15) is 0 Å². The predicted molar refractivity (Wildman–Crippen MR) is 85.6 cm³/mol. The molecule has 4 heteroatoms. The Balaban J connectivity index is 0.00000200. The van der Waals surface area contributed by atoms with E-state index in [1.165, 1.54) is 18.4 Å². The van der Waals surface area contributed by atoms with E-state index in [0.717, 1.165) is 18.7 Å². The minimum atomic E-state index is -0.0676. The van der Waals surface area contributed by atoms with Crippen LogP contribution in [0.3, 0.4) is 0 Å². The maximum absolute atomic E-state index is 11.8. The van der Waals surface area contributed by atoms with Gasteiger partial charge in [-0.1, -0.05) is 24.3 Å². The van der Waals surface area contributed by atoms with E-state index in [0.29, 0.717) is 12.5 Å². The van der Waals surface area contributed by atoms with Gasteiger partial charge in [-0.25, -0.2) is 0 Å². The highest BCUT2D eigenvalue weighted by Gasteiger charge is 2.17. The molecule has 1 aromatic rings. The highest BCUT2D eigenvalue weighted by molar-refractivity contribution is 5.85. The molecule has 20 heavy (non-hydrogen) atoms. The Morgan fingerprint density at radius 1 is 1.30 bits per heavy atom. The molecule has 0 radical (unpaired) electrons. The van der Waals surface area contributed by atoms with Crippen molar-refractivity contribution >= 4 is 18.3 Å². The molecule has 0 spiro atoms. The predicted octanol–water partition coefficient (Wildman–Crippen LogP) is 2.82. The maximum atomic E-state index is 11.8. The molecule has 0 aliphatic carbocycles. The fourth-order valence-corrected chi connectivity index (χ4v) is 2.69. The van der Waals surface area contributed by atoms with Gasteiger partial charge in [0.15, 0.2) is 0 Å². The second kappa shape index (κ2) is 8.28. The molecule has 1 atom stereocenters. The smallest absolute Gasteiger partial charge is 0.227 e. The van der Waals surface area contributed by atoms with Crippen LogP contribution < -0.4 is 10.6 Å². The Morgan fingerprint density at radius 2 is 1.90 bits per heavy atom. The number of piperidine rings is 1. The van der Waals surface area contributed by atoms with E-state index < -0.39 is 0 Å². The third kappa shape index (κ3) is 4.22. The van der Waals surface area contributed by atoms with Gasteiger partial charge in [0.05, 0.1) is 5.92 Å². The standard InChI is InChI=1S/C16H24N2O.ClH/c1-3-18-16(19)12(2)13-4-6-14(7-5-13)15-8-10-17-11-9-15;/h4-7,12,15,17H,3,8-11H2,1-2H3,(H,18,19);1H. The van der Waals surface area contributed by atoms with E-state index in [1.807, 2.05) is 13.8 Å². The Hall–Kier alpha value is -1.06. The normalized spacial score (nSPS) is 17.1. The van der Waals surface area contributed by atoms with E-state index in [4.69, 9.17) is 0 Å². The minimum Gasteiger partial charge on any atom is -0.356 e. The zero-order chi connectivity index (χ0) is 13.7. The molecule has 1 saturated heterocycles. The number of carbonyl (C=O) groups is 1. The summed E-state index contributed by atoms with van der Waals surface area (Å²) in [5, 5.41) is 6.26. The second-order valence-electron chi connectivity index (χ2n) is 5.31. The third-order valence-corrected chi connectivity index (χ3v) is 3.99. The molecule has 1 heterocycles. The van der Waals surface area contributed by atoms with Gasteiger partial charge in [-0.3, -0.25) is 4.79 Å². The fourth-order valence-electron chi connectivity index (χ4n) is 2.69. The van der Waals surface area contributed by atoms with Gasteiger partial charge in [0, 0.05) is 6.54 Å². The first kappa shape index (κ1) is 17.0. The number of hydrogen-bond donors (Lipinski definition) is 2. The Kier molecular flexibility index (Phi) is 7.03. The molecule has 0 aromatic heterocycles. The quantitative estimate of drug-likeness (QED) is 0.897. The second-order valence-corrected chi connectivity index (χ2v) is 5.31. The molecule has 1 aliphatic heterocycles. The average molecular weight is 297 g/mol. The van der Waals surface area contributed by atoms with Gasteiger partial charge in [-0.05, 0) is 56.8 Å². The lowest BCUT2D eigenvalue weighted by atomic mass is 9.88. The number of carbonyl (C=O) groups excluding carboxylic acids is 1. The number of likely N-dealkylation sites (N-methyl/N-ethyl adjacent to an activating group) is 1. The van der Waals surface area contributed by atoms with Gasteiger partial charge in [0.25, 0.3) is 0 Å². The summed E-state index contributed by atoms with van der Waals surface area (Å²) in [5.74, 6) is 0.717. The van der Waals surface area contributed by atoms with Crippen molar-refractivity contribution < 1.29 is 4.79 Å². The molecule has 1 aliphatic rings. The van der Waals surface area contributed by atoms with Crippen LogP contribution in [0.4, 0.5) is 0 Å². The first-order chi connectivity index (χ1) is 9.22. The first-order valence-corrected chi connectivity index (χ1v) is 7.30. The van der Waals surface area contributed by atoms with Gasteiger partial charge in [-0.2, -0.15) is 0 Å². The molecule has 1 aromatic carbocycles. The number of halogens is 1. The van der Waals surface area contributed by atoms with E-state index in [2.05, 4.69) is 34.9 Å². The highest BCUT2D eigenvalue weighted by atomic mass is 35.5. The van der Waals surface area contributed by atoms with E-state index in [9.17, 15) is 4.79 Å². The number of benzene rings is 1. The molecule has 3 nitrogen and oxygen atoms in total. The van der Waals surface area contributed by atoms with Crippen molar-refractivity contribution in [3.8, 4) is 0 Å². The lowest BCUT2D eigenvalue weighted by Crippen LogP contribution is -2.27. The van der Waals surface area contributed by atoms with Crippen LogP contribution in [0.1, 0.15) is 49.7 Å². The van der Waals surface area contributed by atoms with Crippen molar-refractivity contribution in [1.82, 2.24) is 10.6 Å². The molecule has 112 valence electrons. The molecule has 2 rings (SSSR count). The summed E-state index contributed by atoms with van der Waals surface area (Å²) in [6, 6.07) is 8.61. The first-order valence-electron chi connectivity index (χ1n) is 7.30. The van der Waals surface area contributed by atoms with Crippen LogP contribution >= 0.6 is 12.4 Å². The summed E-state index contributed by atoms with van der Waals surface area (Å²) in [6.45, 7) is 6.83. The van der Waals surface area contributed by atoms with Crippen molar-refractivity contribution in [1.29, 1.82) is 0 Å². The van der Waals surface area contributed by atoms with Crippen molar-refractivity contribution in [3.63, 3.8) is 0 Å². The van der Waals surface area contributed by atoms with Gasteiger partial charge in [0.2, 0.25) is 5.91 Å². The van der Waals surface area contributed by atoms with Gasteiger partial charge in [-0.15, -0.1) is 12.4 Å². The molecule has 1 fully saturated rings. The van der Waals surface area contributed by atoms with E-state index in [-0.39, 0.29) is 24.2 Å². The van der Waals surface area contributed by atoms with Crippen molar-refractivity contribution in [2.75, 3.05) is 19.6 Å². The molecule has 0 bridgehead atoms. The molecule has 1 amide bonds. The summed E-state index contributed by atoms with van der Waals surface area (Å²) in [6.07, 6.45) is 2.43. The van der Waals surface area contributed by atoms with Crippen LogP contribution in [0.5, 0.6) is 0 Å².